The number of rotatable bonds is 12. The Morgan fingerprint density at radius 3 is 2.39 bits per heavy atom. The van der Waals surface area contributed by atoms with Gasteiger partial charge in [-0.1, -0.05) is 0 Å². The van der Waals surface area contributed by atoms with E-state index in [1.807, 2.05) is 44.6 Å². The number of aryl methyl sites for hydroxylation is 3. The summed E-state index contributed by atoms with van der Waals surface area (Å²) in [6, 6.07) is 10.6. The summed E-state index contributed by atoms with van der Waals surface area (Å²) in [5.41, 5.74) is 7.54. The van der Waals surface area contributed by atoms with Crippen molar-refractivity contribution >= 4 is 103 Å². The summed E-state index contributed by atoms with van der Waals surface area (Å²) in [6.45, 7) is 11.2. The Morgan fingerprint density at radius 1 is 0.900 bits per heavy atom. The van der Waals surface area contributed by atoms with E-state index in [1.54, 1.807) is 49.2 Å². The third kappa shape index (κ3) is 9.36. The Labute approximate surface area is 412 Å². The molecule has 19 nitrogen and oxygen atoms in total. The number of fused-ring (bicyclic) bond motifs is 2. The molecule has 70 heavy (non-hydrogen) atoms. The van der Waals surface area contributed by atoms with Crippen LogP contribution in [0.15, 0.2) is 65.7 Å². The van der Waals surface area contributed by atoms with Crippen LogP contribution in [0.3, 0.4) is 0 Å². The fourth-order valence-corrected chi connectivity index (χ4v) is 11.5. The maximum atomic E-state index is 15.8. The minimum absolute atomic E-state index is 0.159. The molecule has 10 rings (SSSR count). The Hall–Kier alpha value is -6.70. The lowest BCUT2D eigenvalue weighted by Gasteiger charge is -2.40. The molecule has 0 radical (unpaired) electrons. The Balaban J connectivity index is 0.816. The highest BCUT2D eigenvalue weighted by atomic mass is 79.9. The first kappa shape index (κ1) is 47.0. The zero-order chi connectivity index (χ0) is 49.0. The van der Waals surface area contributed by atoms with Gasteiger partial charge in [-0.3, -0.25) is 34.3 Å². The van der Waals surface area contributed by atoms with Gasteiger partial charge in [0, 0.05) is 120 Å². The van der Waals surface area contributed by atoms with Crippen LogP contribution in [0, 0.1) is 18.7 Å². The highest BCUT2D eigenvalue weighted by Crippen LogP contribution is 2.44. The minimum Gasteiger partial charge on any atom is -0.494 e. The first-order chi connectivity index (χ1) is 33.6. The van der Waals surface area contributed by atoms with Gasteiger partial charge in [0.2, 0.25) is 11.9 Å². The molecule has 7 heterocycles. The third-order valence-electron chi connectivity index (χ3n) is 13.3. The number of ether oxygens (including phenoxy) is 1. The number of methoxy groups -OCH3 is 1. The number of imide groups is 1. The molecule has 22 heteroatoms. The van der Waals surface area contributed by atoms with Crippen molar-refractivity contribution in [2.75, 3.05) is 98.1 Å². The number of nitrogens with zero attached hydrogens (tertiary/aromatic N) is 12. The summed E-state index contributed by atoms with van der Waals surface area (Å²) in [5, 5.41) is 19.3. The van der Waals surface area contributed by atoms with Gasteiger partial charge in [-0.15, -0.1) is 0 Å². The molecular weight excluding hydrogens is 981 g/mol. The predicted molar refractivity (Wildman–Crippen MR) is 275 cm³/mol. The van der Waals surface area contributed by atoms with Gasteiger partial charge in [-0.25, -0.2) is 19.2 Å². The van der Waals surface area contributed by atoms with E-state index in [0.717, 1.165) is 68.1 Å². The number of carbonyl (C=O) groups is 2. The molecule has 0 aliphatic carbocycles. The lowest BCUT2D eigenvalue weighted by atomic mass is 9.94. The summed E-state index contributed by atoms with van der Waals surface area (Å²) in [6.07, 6.45) is 9.38. The molecule has 4 aromatic heterocycles. The van der Waals surface area contributed by atoms with E-state index in [9.17, 15) is 14.2 Å². The van der Waals surface area contributed by atoms with Gasteiger partial charge >= 0.3 is 6.03 Å². The molecule has 364 valence electrons. The molecule has 0 unspecified atom stereocenters. The van der Waals surface area contributed by atoms with Gasteiger partial charge in [-0.05, 0) is 85.3 Å². The van der Waals surface area contributed by atoms with Crippen molar-refractivity contribution in [1.82, 2.24) is 49.7 Å². The van der Waals surface area contributed by atoms with Crippen molar-refractivity contribution in [3.05, 3.63) is 77.2 Å². The normalized spacial score (nSPS) is 16.4. The van der Waals surface area contributed by atoms with Crippen LogP contribution < -0.4 is 40.7 Å². The van der Waals surface area contributed by atoms with Gasteiger partial charge in [-0.2, -0.15) is 15.2 Å². The zero-order valence-corrected chi connectivity index (χ0v) is 42.3. The number of aromatic nitrogens is 8. The van der Waals surface area contributed by atoms with Crippen molar-refractivity contribution in [1.29, 1.82) is 0 Å². The Kier molecular flexibility index (Phi) is 12.7. The summed E-state index contributed by atoms with van der Waals surface area (Å²) in [5.74, 6) is 1.56. The molecule has 0 atom stereocenters. The Morgan fingerprint density at radius 2 is 1.67 bits per heavy atom. The average Bonchev–Trinajstić information content (AvgIpc) is 3.91. The molecule has 3 amide bonds. The number of benzene rings is 3. The molecule has 0 spiro atoms. The molecule has 3 saturated heterocycles. The number of hydrogen-bond donors (Lipinski definition) is 3. The summed E-state index contributed by atoms with van der Waals surface area (Å²) >= 11 is 3.61. The molecule has 3 aromatic carbocycles. The molecule has 3 aliphatic rings. The third-order valence-corrected chi connectivity index (χ3v) is 15.4. The van der Waals surface area contributed by atoms with Crippen LogP contribution in [-0.4, -0.2) is 129 Å². The van der Waals surface area contributed by atoms with E-state index in [2.05, 4.69) is 83.9 Å². The van der Waals surface area contributed by atoms with Crippen LogP contribution in [0.1, 0.15) is 25.0 Å². The monoisotopic (exact) mass is 1030 g/mol. The number of anilines is 7. The lowest BCUT2D eigenvalue weighted by molar-refractivity contribution is -0.120. The maximum absolute atomic E-state index is 15.8. The number of urea groups is 1. The minimum atomic E-state index is -2.83. The first-order valence-corrected chi connectivity index (χ1v) is 26.6. The number of halogens is 2. The SMILES string of the molecule is COc1cc(N2CCC(CN3CCN(c4cc5c(cc4F)c(N4CCC(=O)NC4=O)nn5C)CC3)CC2)c(-c2cnn(C)c2)cc1Nc1ncc(Br)c(Nc2ccc3nc(C)cnc3c2P(C)(C)=O)n1. The molecule has 3 aliphatic heterocycles. The maximum Gasteiger partial charge on any atom is 0.329 e. The van der Waals surface area contributed by atoms with Gasteiger partial charge in [0.15, 0.2) is 5.82 Å². The standard InChI is InChI=1S/C48H54BrFN15O4P/c1-28-23-51-43-35(54-28)7-8-36(44(43)70(5,6)68)55-45-33(49)25-52-47(58-45)56-37-20-31(30-24-53-60(2)27-30)39(22-41(37)69-4)63-12-9-29(10-13-63)26-62-15-17-64(18-16-62)40-21-38-32(19-34(40)50)46(59-61(38)3)65-14-11-42(66)57-48(65)67/h7-8,19-25,27,29H,9-18,26H2,1-6H3,(H,57,66,67)(H2,52,55,56,58). The quantitative estimate of drug-likeness (QED) is 0.104. The fraction of sp³-hybridized carbons (Fsp3) is 0.375. The zero-order valence-electron chi connectivity index (χ0n) is 39.8. The molecule has 0 bridgehead atoms. The van der Waals surface area contributed by atoms with E-state index in [0.29, 0.717) is 91.1 Å². The second kappa shape index (κ2) is 18.9. The number of carbonyl (C=O) groups excluding carboxylic acids is 2. The lowest BCUT2D eigenvalue weighted by Crippen LogP contribution is -2.49. The molecule has 3 N–H and O–H groups in total. The fourth-order valence-electron chi connectivity index (χ4n) is 9.81. The van der Waals surface area contributed by atoms with Crippen LogP contribution in [0.5, 0.6) is 5.75 Å². The van der Waals surface area contributed by atoms with Crippen LogP contribution in [0.4, 0.5) is 49.5 Å². The number of piperazine rings is 1. The molecule has 3 fully saturated rings. The topological polar surface area (TPSA) is 197 Å². The first-order valence-electron chi connectivity index (χ1n) is 23.2. The van der Waals surface area contributed by atoms with E-state index in [1.165, 1.54) is 11.0 Å². The van der Waals surface area contributed by atoms with Crippen LogP contribution in [-0.2, 0) is 23.5 Å². The Bertz CT molecular complexity index is 3230. The number of piperidine rings is 1. The average molecular weight is 1030 g/mol. The second-order valence-electron chi connectivity index (χ2n) is 18.5. The van der Waals surface area contributed by atoms with Gasteiger partial charge in [0.1, 0.15) is 30.0 Å². The number of amides is 3. The highest BCUT2D eigenvalue weighted by molar-refractivity contribution is 9.10. The van der Waals surface area contributed by atoms with Crippen molar-refractivity contribution < 1.29 is 23.3 Å². The molecular formula is C48H54BrFN15O4P. The second-order valence-corrected chi connectivity index (χ2v) is 22.5. The van der Waals surface area contributed by atoms with Crippen molar-refractivity contribution in [3.8, 4) is 16.9 Å². The van der Waals surface area contributed by atoms with Crippen LogP contribution in [0.2, 0.25) is 0 Å². The van der Waals surface area contributed by atoms with Gasteiger partial charge in [0.25, 0.3) is 0 Å². The smallest absolute Gasteiger partial charge is 0.329 e. The largest absolute Gasteiger partial charge is 0.494 e. The summed E-state index contributed by atoms with van der Waals surface area (Å²) in [4.78, 5) is 51.4. The molecule has 0 saturated carbocycles. The highest BCUT2D eigenvalue weighted by Gasteiger charge is 2.31. The summed E-state index contributed by atoms with van der Waals surface area (Å²) < 4.78 is 39.6. The number of hydrogen-bond acceptors (Lipinski definition) is 15. The van der Waals surface area contributed by atoms with Crippen LogP contribution >= 0.6 is 23.1 Å². The van der Waals surface area contributed by atoms with E-state index in [4.69, 9.17) is 9.72 Å². The van der Waals surface area contributed by atoms with Gasteiger partial charge < -0.3 is 29.7 Å². The van der Waals surface area contributed by atoms with Crippen LogP contribution in [0.25, 0.3) is 33.1 Å². The molecule has 7 aromatic rings. The predicted octanol–water partition coefficient (Wildman–Crippen LogP) is 7.15. The number of nitrogens with one attached hydrogen (secondary N) is 3. The summed E-state index contributed by atoms with van der Waals surface area (Å²) in [7, 11) is 2.50. The van der Waals surface area contributed by atoms with E-state index >= 15 is 4.39 Å². The van der Waals surface area contributed by atoms with Crippen molar-refractivity contribution in [3.63, 3.8) is 0 Å². The van der Waals surface area contributed by atoms with Gasteiger partial charge in [0.05, 0.1) is 56.9 Å². The van der Waals surface area contributed by atoms with E-state index < -0.39 is 13.2 Å². The van der Waals surface area contributed by atoms with E-state index in [-0.39, 0.29) is 24.7 Å². The van der Waals surface area contributed by atoms with Crippen molar-refractivity contribution in [2.45, 2.75) is 26.2 Å². The van der Waals surface area contributed by atoms with Crippen molar-refractivity contribution in [2.24, 2.45) is 20.0 Å².